The maximum Gasteiger partial charge on any atom is 0.269 e. The van der Waals surface area contributed by atoms with E-state index in [-0.39, 0.29) is 28.4 Å². The molecule has 2 heterocycles. The van der Waals surface area contributed by atoms with Crippen molar-refractivity contribution < 1.29 is 14.6 Å². The van der Waals surface area contributed by atoms with Crippen molar-refractivity contribution in [1.82, 2.24) is 5.32 Å². The van der Waals surface area contributed by atoms with Gasteiger partial charge in [0.2, 0.25) is 11.8 Å². The lowest BCUT2D eigenvalue weighted by Crippen LogP contribution is -2.66. The zero-order chi connectivity index (χ0) is 23.8. The molecule has 1 aliphatic heterocycles. The fourth-order valence-electron chi connectivity index (χ4n) is 4.62. The highest BCUT2D eigenvalue weighted by molar-refractivity contribution is 5.71. The van der Waals surface area contributed by atoms with Gasteiger partial charge in [-0.2, -0.15) is 15.1 Å². The van der Waals surface area contributed by atoms with Crippen molar-refractivity contribution in [3.63, 3.8) is 0 Å². The monoisotopic (exact) mass is 441 g/mol. The van der Waals surface area contributed by atoms with Crippen LogP contribution < -0.4 is 9.88 Å². The first-order valence-electron chi connectivity index (χ1n) is 10.4. The number of allylic oxidation sites excluding steroid dienone is 2. The summed E-state index contributed by atoms with van der Waals surface area (Å²) in [5, 5.41) is 53.6. The third kappa shape index (κ3) is 3.66. The van der Waals surface area contributed by atoms with Crippen LogP contribution in [0.15, 0.2) is 65.5 Å². The minimum atomic E-state index is -1.53. The number of pyridine rings is 1. The van der Waals surface area contributed by atoms with Crippen LogP contribution in [0.1, 0.15) is 36.1 Å². The van der Waals surface area contributed by atoms with E-state index in [1.807, 2.05) is 42.0 Å². The minimum absolute atomic E-state index is 0.0678. The van der Waals surface area contributed by atoms with Crippen LogP contribution in [0.4, 0.5) is 5.69 Å². The molecule has 0 spiro atoms. The lowest BCUT2D eigenvalue weighted by molar-refractivity contribution is -0.747. The molecule has 0 radical (unpaired) electrons. The molecule has 9 heteroatoms. The average molecular weight is 441 g/mol. The molecule has 1 aromatic heterocycles. The van der Waals surface area contributed by atoms with E-state index in [0.29, 0.717) is 5.56 Å². The van der Waals surface area contributed by atoms with Crippen molar-refractivity contribution in [2.75, 3.05) is 0 Å². The van der Waals surface area contributed by atoms with Gasteiger partial charge in [-0.25, -0.2) is 0 Å². The molecule has 0 amide bonds. The normalized spacial score (nSPS) is 24.1. The topological polar surface area (TPSA) is 151 Å². The van der Waals surface area contributed by atoms with Gasteiger partial charge in [0.15, 0.2) is 11.9 Å². The van der Waals surface area contributed by atoms with Crippen molar-refractivity contribution in [2.45, 2.75) is 37.5 Å². The number of hydrogen-bond donors (Lipinski definition) is 3. The number of nitro benzene ring substituents is 1. The van der Waals surface area contributed by atoms with Gasteiger partial charge in [-0.15, -0.1) is 0 Å². The van der Waals surface area contributed by atoms with E-state index in [1.54, 1.807) is 12.1 Å². The summed E-state index contributed by atoms with van der Waals surface area (Å²) in [4.78, 5) is 10.7. The number of nitrogens with one attached hydrogen (secondary N) is 2. The number of nitro groups is 1. The smallest absolute Gasteiger partial charge is 0.269 e. The Morgan fingerprint density at radius 1 is 1.27 bits per heavy atom. The van der Waals surface area contributed by atoms with Crippen molar-refractivity contribution in [3.8, 4) is 12.1 Å². The second-order valence-corrected chi connectivity index (χ2v) is 8.26. The Kier molecular flexibility index (Phi) is 5.53. The zero-order valence-corrected chi connectivity index (χ0v) is 17.8. The summed E-state index contributed by atoms with van der Waals surface area (Å²) in [5.74, 6) is 1.19. The van der Waals surface area contributed by atoms with Crippen LogP contribution in [0.2, 0.25) is 0 Å². The number of nitrogens with zero attached hydrogens (tertiary/aromatic N) is 4. The number of aromatic nitrogens is 1. The van der Waals surface area contributed by atoms with E-state index in [2.05, 4.69) is 17.3 Å². The number of aryl methyl sites for hydroxylation is 1. The highest BCUT2D eigenvalue weighted by atomic mass is 16.6. The zero-order valence-electron chi connectivity index (χ0n) is 17.8. The van der Waals surface area contributed by atoms with Crippen molar-refractivity contribution >= 4 is 11.6 Å². The molecule has 4 rings (SSSR count). The minimum Gasteiger partial charge on any atom is -0.365 e. The first kappa shape index (κ1) is 21.9. The van der Waals surface area contributed by atoms with E-state index < -0.39 is 22.6 Å². The molecule has 0 bridgehead atoms. The third-order valence-electron chi connectivity index (χ3n) is 6.34. The summed E-state index contributed by atoms with van der Waals surface area (Å²) < 4.78 is 1.89. The Hall–Kier alpha value is -4.30. The van der Waals surface area contributed by atoms with Crippen LogP contribution in [0, 0.1) is 51.0 Å². The van der Waals surface area contributed by atoms with Crippen LogP contribution >= 0.6 is 0 Å². The lowest BCUT2D eigenvalue weighted by Gasteiger charge is -2.43. The molecule has 1 fully saturated rings. The van der Waals surface area contributed by atoms with E-state index >= 15 is 0 Å². The van der Waals surface area contributed by atoms with Crippen molar-refractivity contribution in [1.29, 1.82) is 15.9 Å². The number of benzene rings is 1. The molecule has 1 saturated carbocycles. The maximum absolute atomic E-state index is 12.1. The molecular weight excluding hydrogens is 420 g/mol. The summed E-state index contributed by atoms with van der Waals surface area (Å²) in [7, 11) is 0. The van der Waals surface area contributed by atoms with Crippen LogP contribution in [-0.4, -0.2) is 21.6 Å². The fraction of sp³-hybridized carbons (Fsp3) is 0.292. The van der Waals surface area contributed by atoms with Crippen LogP contribution in [0.5, 0.6) is 0 Å². The van der Waals surface area contributed by atoms with E-state index in [1.165, 1.54) is 12.1 Å². The largest absolute Gasteiger partial charge is 0.365 e. The molecular formula is C24H21N6O3+. The molecule has 164 valence electrons. The molecule has 0 saturated heterocycles. The SMILES string of the molecule is Cc1cccc[n+]1[C@H]1[C@H](c2ccc([N+](=O)[O-])cc2)C(C#N)=C(C(=C=N)C#N)N[C@]1(O)C1CC1. The molecule has 2 aromatic rings. The first-order chi connectivity index (χ1) is 15.8. The van der Waals surface area contributed by atoms with Gasteiger partial charge < -0.3 is 10.4 Å². The summed E-state index contributed by atoms with van der Waals surface area (Å²) in [6.45, 7) is 1.89. The van der Waals surface area contributed by atoms with Gasteiger partial charge in [-0.1, -0.05) is 18.2 Å². The quantitative estimate of drug-likeness (QED) is 0.213. The second kappa shape index (κ2) is 8.33. The highest BCUT2D eigenvalue weighted by Crippen LogP contribution is 2.52. The van der Waals surface area contributed by atoms with Crippen LogP contribution in [0.3, 0.4) is 0 Å². The molecule has 0 unspecified atom stereocenters. The number of aliphatic hydroxyl groups is 1. The molecule has 9 nitrogen and oxygen atoms in total. The predicted octanol–water partition coefficient (Wildman–Crippen LogP) is 2.69. The predicted molar refractivity (Wildman–Crippen MR) is 117 cm³/mol. The molecule has 1 aliphatic carbocycles. The Morgan fingerprint density at radius 3 is 2.48 bits per heavy atom. The Labute approximate surface area is 190 Å². The van der Waals surface area contributed by atoms with Gasteiger partial charge in [-0.05, 0) is 24.3 Å². The molecule has 1 aromatic carbocycles. The Balaban J connectivity index is 2.04. The van der Waals surface area contributed by atoms with E-state index in [9.17, 15) is 25.7 Å². The number of rotatable bonds is 5. The third-order valence-corrected chi connectivity index (χ3v) is 6.34. The van der Waals surface area contributed by atoms with Gasteiger partial charge >= 0.3 is 0 Å². The summed E-state index contributed by atoms with van der Waals surface area (Å²) in [5.41, 5.74) is -0.157. The fourth-order valence-corrected chi connectivity index (χ4v) is 4.62. The van der Waals surface area contributed by atoms with Crippen molar-refractivity contribution in [2.24, 2.45) is 5.92 Å². The summed E-state index contributed by atoms with van der Waals surface area (Å²) in [6.07, 6.45) is 3.33. The number of nitriles is 2. The average Bonchev–Trinajstić information content (AvgIpc) is 3.66. The molecule has 2 aliphatic rings. The van der Waals surface area contributed by atoms with Gasteiger partial charge in [0.05, 0.1) is 28.2 Å². The molecule has 3 atom stereocenters. The molecule has 33 heavy (non-hydrogen) atoms. The number of hydrogen-bond acceptors (Lipinski definition) is 7. The van der Waals surface area contributed by atoms with Gasteiger partial charge in [0.25, 0.3) is 5.69 Å². The lowest BCUT2D eigenvalue weighted by atomic mass is 9.73. The first-order valence-corrected chi connectivity index (χ1v) is 10.4. The van der Waals surface area contributed by atoms with E-state index in [4.69, 9.17) is 5.41 Å². The standard InChI is InChI=1S/C24H21N6O3/c1-15-4-2-3-11-29(15)23-21(16-5-9-19(10-6-16)30(32)33)20(14-27)22(17(12-25)13-26)28-24(23,31)18-7-8-18/h2-6,9-11,18,21,23,25,28,31H,7-8H2,1H3/q+1/t21-,23+,24+/m1/s1. The maximum atomic E-state index is 12.1. The second-order valence-electron chi connectivity index (χ2n) is 8.26. The Morgan fingerprint density at radius 2 is 1.97 bits per heavy atom. The highest BCUT2D eigenvalue weighted by Gasteiger charge is 2.61. The van der Waals surface area contributed by atoms with Gasteiger partial charge in [0.1, 0.15) is 11.6 Å². The number of non-ortho nitro benzene ring substituents is 1. The Bertz CT molecular complexity index is 1290. The summed E-state index contributed by atoms with van der Waals surface area (Å²) >= 11 is 0. The van der Waals surface area contributed by atoms with Crippen LogP contribution in [-0.2, 0) is 0 Å². The van der Waals surface area contributed by atoms with Gasteiger partial charge in [-0.3, -0.25) is 15.5 Å². The summed E-state index contributed by atoms with van der Waals surface area (Å²) in [6, 6.07) is 14.8. The van der Waals surface area contributed by atoms with Crippen molar-refractivity contribution in [3.05, 3.63) is 86.9 Å². The van der Waals surface area contributed by atoms with Crippen LogP contribution in [0.25, 0.3) is 0 Å². The van der Waals surface area contributed by atoms with Gasteiger partial charge in [0, 0.05) is 37.1 Å². The molecule has 3 N–H and O–H groups in total. The van der Waals surface area contributed by atoms with E-state index in [0.717, 1.165) is 18.5 Å².